The summed E-state index contributed by atoms with van der Waals surface area (Å²) in [6.45, 7) is 2.98. The molecule has 1 aromatic carbocycles. The molecule has 0 bridgehead atoms. The van der Waals surface area contributed by atoms with Crippen molar-refractivity contribution < 1.29 is 18.5 Å². The SMILES string of the molecule is Cc1noc(C2CCCN(C(=O)c3cccc(NC(=O)c4ccco4)c3)C2)n1. The summed E-state index contributed by atoms with van der Waals surface area (Å²) in [5.74, 6) is 0.980. The van der Waals surface area contributed by atoms with E-state index >= 15 is 0 Å². The standard InChI is InChI=1S/C20H20N4O4/c1-13-21-19(28-23-13)15-6-3-9-24(12-15)20(26)14-5-2-7-16(11-14)22-18(25)17-8-4-10-27-17/h2,4-5,7-8,10-11,15H,3,6,9,12H2,1H3,(H,22,25). The molecule has 8 nitrogen and oxygen atoms in total. The average molecular weight is 380 g/mol. The van der Waals surface area contributed by atoms with E-state index in [1.165, 1.54) is 6.26 Å². The molecule has 28 heavy (non-hydrogen) atoms. The first kappa shape index (κ1) is 18.0. The average Bonchev–Trinajstić information content (AvgIpc) is 3.40. The van der Waals surface area contributed by atoms with Crippen molar-refractivity contribution >= 4 is 17.5 Å². The molecule has 144 valence electrons. The highest BCUT2D eigenvalue weighted by Gasteiger charge is 2.29. The second-order valence-corrected chi connectivity index (χ2v) is 6.78. The van der Waals surface area contributed by atoms with E-state index in [1.807, 2.05) is 0 Å². The Bertz CT molecular complexity index is 980. The minimum Gasteiger partial charge on any atom is -0.459 e. The van der Waals surface area contributed by atoms with Gasteiger partial charge in [0.1, 0.15) is 0 Å². The first-order valence-electron chi connectivity index (χ1n) is 9.14. The van der Waals surface area contributed by atoms with Gasteiger partial charge < -0.3 is 19.2 Å². The zero-order valence-corrected chi connectivity index (χ0v) is 15.4. The first-order chi connectivity index (χ1) is 13.6. The summed E-state index contributed by atoms with van der Waals surface area (Å²) >= 11 is 0. The lowest BCUT2D eigenvalue weighted by Crippen LogP contribution is -2.39. The van der Waals surface area contributed by atoms with Gasteiger partial charge in [-0.15, -0.1) is 0 Å². The molecule has 1 unspecified atom stereocenters. The topological polar surface area (TPSA) is 101 Å². The Kier molecular flexibility index (Phi) is 4.92. The lowest BCUT2D eigenvalue weighted by atomic mass is 9.97. The molecule has 0 radical (unpaired) electrons. The minimum absolute atomic E-state index is 0.0423. The number of likely N-dealkylation sites (tertiary alicyclic amines) is 1. The summed E-state index contributed by atoms with van der Waals surface area (Å²) in [7, 11) is 0. The number of furan rings is 1. The van der Waals surface area contributed by atoms with E-state index in [-0.39, 0.29) is 23.5 Å². The number of carbonyl (C=O) groups is 2. The third kappa shape index (κ3) is 3.80. The number of hydrogen-bond donors (Lipinski definition) is 1. The summed E-state index contributed by atoms with van der Waals surface area (Å²) in [5, 5.41) is 6.59. The van der Waals surface area contributed by atoms with Gasteiger partial charge in [0.05, 0.1) is 12.2 Å². The fourth-order valence-electron chi connectivity index (χ4n) is 3.36. The maximum Gasteiger partial charge on any atom is 0.291 e. The number of carbonyl (C=O) groups excluding carboxylic acids is 2. The van der Waals surface area contributed by atoms with Gasteiger partial charge in [-0.1, -0.05) is 11.2 Å². The lowest BCUT2D eigenvalue weighted by molar-refractivity contribution is 0.0695. The Morgan fingerprint density at radius 1 is 1.25 bits per heavy atom. The first-order valence-corrected chi connectivity index (χ1v) is 9.14. The highest BCUT2D eigenvalue weighted by molar-refractivity contribution is 6.03. The van der Waals surface area contributed by atoms with Crippen LogP contribution in [-0.2, 0) is 0 Å². The van der Waals surface area contributed by atoms with Crippen molar-refractivity contribution in [2.45, 2.75) is 25.7 Å². The van der Waals surface area contributed by atoms with E-state index in [2.05, 4.69) is 15.5 Å². The molecule has 1 N–H and O–H groups in total. The molecule has 2 aromatic heterocycles. The molecule has 1 aliphatic rings. The van der Waals surface area contributed by atoms with Crippen LogP contribution in [-0.4, -0.2) is 39.9 Å². The zero-order valence-electron chi connectivity index (χ0n) is 15.4. The van der Waals surface area contributed by atoms with Gasteiger partial charge >= 0.3 is 0 Å². The van der Waals surface area contributed by atoms with Crippen molar-refractivity contribution in [2.75, 3.05) is 18.4 Å². The Labute approximate surface area is 161 Å². The number of hydrogen-bond acceptors (Lipinski definition) is 6. The van der Waals surface area contributed by atoms with Gasteiger partial charge in [0.15, 0.2) is 11.6 Å². The van der Waals surface area contributed by atoms with E-state index in [0.29, 0.717) is 36.1 Å². The molecule has 2 amide bonds. The Morgan fingerprint density at radius 2 is 2.14 bits per heavy atom. The van der Waals surface area contributed by atoms with Crippen molar-refractivity contribution in [3.63, 3.8) is 0 Å². The molecule has 3 heterocycles. The molecule has 0 aliphatic carbocycles. The number of anilines is 1. The molecule has 1 atom stereocenters. The van der Waals surface area contributed by atoms with E-state index in [9.17, 15) is 9.59 Å². The number of piperidine rings is 1. The van der Waals surface area contributed by atoms with E-state index in [1.54, 1.807) is 48.2 Å². The van der Waals surface area contributed by atoms with E-state index in [4.69, 9.17) is 8.94 Å². The molecule has 4 rings (SSSR count). The van der Waals surface area contributed by atoms with E-state index in [0.717, 1.165) is 12.8 Å². The molecule has 0 saturated carbocycles. The third-order valence-corrected chi connectivity index (χ3v) is 4.71. The predicted octanol–water partition coefficient (Wildman–Crippen LogP) is 3.24. The van der Waals surface area contributed by atoms with Crippen LogP contribution in [0, 0.1) is 6.92 Å². The number of benzene rings is 1. The Morgan fingerprint density at radius 3 is 2.89 bits per heavy atom. The van der Waals surface area contributed by atoms with Gasteiger partial charge in [-0.2, -0.15) is 4.98 Å². The van der Waals surface area contributed by atoms with Crippen LogP contribution in [0.25, 0.3) is 0 Å². The summed E-state index contributed by atoms with van der Waals surface area (Å²) in [6, 6.07) is 10.1. The van der Waals surface area contributed by atoms with Gasteiger partial charge in [-0.3, -0.25) is 9.59 Å². The highest BCUT2D eigenvalue weighted by atomic mass is 16.5. The molecule has 1 saturated heterocycles. The largest absolute Gasteiger partial charge is 0.459 e. The minimum atomic E-state index is -0.362. The van der Waals surface area contributed by atoms with Crippen molar-refractivity contribution in [1.29, 1.82) is 0 Å². The summed E-state index contributed by atoms with van der Waals surface area (Å²) in [6.07, 6.45) is 3.21. The van der Waals surface area contributed by atoms with E-state index < -0.39 is 0 Å². The highest BCUT2D eigenvalue weighted by Crippen LogP contribution is 2.27. The second kappa shape index (κ2) is 7.67. The van der Waals surface area contributed by atoms with Gasteiger partial charge in [-0.05, 0) is 50.1 Å². The predicted molar refractivity (Wildman–Crippen MR) is 100 cm³/mol. The van der Waals surface area contributed by atoms with Gasteiger partial charge in [0.2, 0.25) is 5.89 Å². The van der Waals surface area contributed by atoms with Gasteiger partial charge in [0, 0.05) is 24.3 Å². The monoisotopic (exact) mass is 380 g/mol. The summed E-state index contributed by atoms with van der Waals surface area (Å²) in [4.78, 5) is 31.2. The Balaban J connectivity index is 1.46. The normalized spacial score (nSPS) is 16.8. The molecular weight excluding hydrogens is 360 g/mol. The molecule has 1 fully saturated rings. The van der Waals surface area contributed by atoms with Crippen LogP contribution >= 0.6 is 0 Å². The zero-order chi connectivity index (χ0) is 19.5. The van der Waals surface area contributed by atoms with Crippen LogP contribution in [0.4, 0.5) is 5.69 Å². The molecular formula is C20H20N4O4. The molecule has 3 aromatic rings. The smallest absolute Gasteiger partial charge is 0.291 e. The van der Waals surface area contributed by atoms with Crippen molar-refractivity contribution in [3.8, 4) is 0 Å². The lowest BCUT2D eigenvalue weighted by Gasteiger charge is -2.31. The van der Waals surface area contributed by atoms with Crippen molar-refractivity contribution in [2.24, 2.45) is 0 Å². The number of amides is 2. The fraction of sp³-hybridized carbons (Fsp3) is 0.300. The van der Waals surface area contributed by atoms with Gasteiger partial charge in [0.25, 0.3) is 11.8 Å². The number of aromatic nitrogens is 2. The van der Waals surface area contributed by atoms with Crippen molar-refractivity contribution in [1.82, 2.24) is 15.0 Å². The van der Waals surface area contributed by atoms with Crippen LogP contribution in [0.5, 0.6) is 0 Å². The molecule has 1 aliphatic heterocycles. The van der Waals surface area contributed by atoms with Gasteiger partial charge in [-0.25, -0.2) is 0 Å². The second-order valence-electron chi connectivity index (χ2n) is 6.78. The van der Waals surface area contributed by atoms with Crippen LogP contribution in [0.3, 0.4) is 0 Å². The summed E-state index contributed by atoms with van der Waals surface area (Å²) in [5.41, 5.74) is 1.05. The van der Waals surface area contributed by atoms with Crippen molar-refractivity contribution in [3.05, 3.63) is 65.7 Å². The number of aryl methyl sites for hydroxylation is 1. The molecule has 0 spiro atoms. The maximum absolute atomic E-state index is 13.0. The third-order valence-electron chi connectivity index (χ3n) is 4.71. The van der Waals surface area contributed by atoms with Crippen LogP contribution in [0.2, 0.25) is 0 Å². The number of nitrogens with zero attached hydrogens (tertiary/aromatic N) is 3. The molecule has 8 heteroatoms. The van der Waals surface area contributed by atoms with Crippen LogP contribution in [0.15, 0.2) is 51.6 Å². The van der Waals surface area contributed by atoms with Crippen LogP contribution in [0.1, 0.15) is 51.4 Å². The van der Waals surface area contributed by atoms with Crippen LogP contribution < -0.4 is 5.32 Å². The fourth-order valence-corrected chi connectivity index (χ4v) is 3.36. The number of nitrogens with one attached hydrogen (secondary N) is 1. The maximum atomic E-state index is 13.0. The quantitative estimate of drug-likeness (QED) is 0.745. The number of rotatable bonds is 4. The summed E-state index contributed by atoms with van der Waals surface area (Å²) < 4.78 is 10.4. The Hall–Kier alpha value is -3.42.